The van der Waals surface area contributed by atoms with Crippen molar-refractivity contribution in [2.24, 2.45) is 0 Å². The van der Waals surface area contributed by atoms with E-state index in [9.17, 15) is 9.59 Å². The number of hydrogen-bond acceptors (Lipinski definition) is 9. The Balaban J connectivity index is 1.63. The van der Waals surface area contributed by atoms with Gasteiger partial charge < -0.3 is 19.0 Å². The number of methoxy groups -OCH3 is 1. The number of ether oxygens (including phenoxy) is 1. The molecule has 0 fully saturated rings. The number of nitrogens with zero attached hydrogens (tertiary/aromatic N) is 3. The summed E-state index contributed by atoms with van der Waals surface area (Å²) in [6, 6.07) is 7.13. The van der Waals surface area contributed by atoms with Crippen molar-refractivity contribution in [2.45, 2.75) is 19.5 Å². The van der Waals surface area contributed by atoms with E-state index in [0.717, 1.165) is 11.4 Å². The molecule has 0 saturated heterocycles. The smallest absolute Gasteiger partial charge is 0.350 e. The standard InChI is InChI=1S/C21H20N4O5S/c1-12(16-7-9-30-24-16)25(2)10-14-4-5-15-17(23-19(26)13-6-8-29-11-13)18(21(27)28-3)31-20(15)22-14/h4-9,11-12H,10H2,1-3H3,(H,23,26). The Kier molecular flexibility index (Phi) is 5.83. The van der Waals surface area contributed by atoms with E-state index in [-0.39, 0.29) is 16.8 Å². The van der Waals surface area contributed by atoms with Crippen molar-refractivity contribution in [3.05, 3.63) is 64.9 Å². The highest BCUT2D eigenvalue weighted by Gasteiger charge is 2.23. The molecule has 0 aliphatic heterocycles. The van der Waals surface area contributed by atoms with Crippen LogP contribution in [0.1, 0.15) is 44.4 Å². The van der Waals surface area contributed by atoms with Gasteiger partial charge in [0.25, 0.3) is 5.91 Å². The highest BCUT2D eigenvalue weighted by atomic mass is 32.1. The molecule has 0 radical (unpaired) electrons. The zero-order valence-electron chi connectivity index (χ0n) is 17.1. The second kappa shape index (κ2) is 8.70. The summed E-state index contributed by atoms with van der Waals surface area (Å²) < 4.78 is 14.8. The number of carbonyl (C=O) groups is 2. The van der Waals surface area contributed by atoms with Crippen molar-refractivity contribution in [1.29, 1.82) is 0 Å². The van der Waals surface area contributed by atoms with Gasteiger partial charge in [-0.25, -0.2) is 9.78 Å². The number of esters is 1. The normalized spacial score (nSPS) is 12.3. The quantitative estimate of drug-likeness (QED) is 0.428. The fourth-order valence-electron chi connectivity index (χ4n) is 3.10. The first kappa shape index (κ1) is 20.8. The number of fused-ring (bicyclic) bond motifs is 1. The maximum Gasteiger partial charge on any atom is 0.350 e. The van der Waals surface area contributed by atoms with Crippen molar-refractivity contribution in [3.63, 3.8) is 0 Å². The van der Waals surface area contributed by atoms with Crippen LogP contribution in [0.4, 0.5) is 5.69 Å². The van der Waals surface area contributed by atoms with Gasteiger partial charge in [-0.2, -0.15) is 0 Å². The van der Waals surface area contributed by atoms with Gasteiger partial charge in [-0.1, -0.05) is 5.16 Å². The van der Waals surface area contributed by atoms with E-state index >= 15 is 0 Å². The molecule has 0 saturated carbocycles. The molecule has 4 heterocycles. The maximum atomic E-state index is 12.5. The minimum absolute atomic E-state index is 0.0371. The maximum absolute atomic E-state index is 12.5. The third-order valence-electron chi connectivity index (χ3n) is 4.96. The lowest BCUT2D eigenvalue weighted by Gasteiger charge is -2.22. The Labute approximate surface area is 181 Å². The molecule has 0 spiro atoms. The molecule has 0 bridgehead atoms. The Bertz CT molecular complexity index is 1200. The van der Waals surface area contributed by atoms with Crippen LogP contribution in [0.5, 0.6) is 0 Å². The lowest BCUT2D eigenvalue weighted by Crippen LogP contribution is -2.22. The van der Waals surface area contributed by atoms with Crippen LogP contribution < -0.4 is 5.32 Å². The van der Waals surface area contributed by atoms with Crippen molar-refractivity contribution < 1.29 is 23.3 Å². The molecule has 1 atom stereocenters. The van der Waals surface area contributed by atoms with Crippen LogP contribution in [-0.4, -0.2) is 41.1 Å². The summed E-state index contributed by atoms with van der Waals surface area (Å²) in [6.07, 6.45) is 4.29. The molecular formula is C21H20N4O5S. The van der Waals surface area contributed by atoms with E-state index in [2.05, 4.69) is 15.4 Å². The van der Waals surface area contributed by atoms with Gasteiger partial charge in [-0.05, 0) is 32.2 Å². The van der Waals surface area contributed by atoms with Crippen LogP contribution >= 0.6 is 11.3 Å². The monoisotopic (exact) mass is 440 g/mol. The first-order valence-electron chi connectivity index (χ1n) is 9.42. The second-order valence-corrected chi connectivity index (χ2v) is 7.93. The summed E-state index contributed by atoms with van der Waals surface area (Å²) in [4.78, 5) is 32.5. The van der Waals surface area contributed by atoms with Crippen LogP contribution in [-0.2, 0) is 11.3 Å². The molecule has 31 heavy (non-hydrogen) atoms. The fraction of sp³-hybridized carbons (Fsp3) is 0.238. The average molecular weight is 440 g/mol. The predicted molar refractivity (Wildman–Crippen MR) is 114 cm³/mol. The first-order valence-corrected chi connectivity index (χ1v) is 10.2. The summed E-state index contributed by atoms with van der Waals surface area (Å²) >= 11 is 1.17. The molecule has 9 nitrogen and oxygen atoms in total. The topological polar surface area (TPSA) is 111 Å². The van der Waals surface area contributed by atoms with Crippen molar-refractivity contribution in [1.82, 2.24) is 15.0 Å². The van der Waals surface area contributed by atoms with E-state index in [0.29, 0.717) is 28.0 Å². The molecule has 160 valence electrons. The number of carbonyl (C=O) groups excluding carboxylic acids is 2. The third kappa shape index (κ3) is 4.21. The van der Waals surface area contributed by atoms with Crippen LogP contribution in [0, 0.1) is 0 Å². The number of aromatic nitrogens is 2. The summed E-state index contributed by atoms with van der Waals surface area (Å²) in [5.74, 6) is -0.923. The van der Waals surface area contributed by atoms with Crippen molar-refractivity contribution >= 4 is 39.1 Å². The number of thiophene rings is 1. The molecule has 4 aromatic rings. The van der Waals surface area contributed by atoms with Gasteiger partial charge in [0.2, 0.25) is 0 Å². The fourth-order valence-corrected chi connectivity index (χ4v) is 4.17. The second-order valence-electron chi connectivity index (χ2n) is 6.93. The molecule has 1 amide bonds. The highest BCUT2D eigenvalue weighted by Crippen LogP contribution is 2.36. The Morgan fingerprint density at radius 2 is 2.10 bits per heavy atom. The molecule has 0 aromatic carbocycles. The van der Waals surface area contributed by atoms with Crippen LogP contribution in [0.15, 0.2) is 52.0 Å². The number of hydrogen-bond donors (Lipinski definition) is 1. The van der Waals surface area contributed by atoms with Gasteiger partial charge in [-0.15, -0.1) is 11.3 Å². The molecule has 0 aliphatic rings. The molecule has 1 N–H and O–H groups in total. The van der Waals surface area contributed by atoms with E-state index in [1.54, 1.807) is 12.3 Å². The summed E-state index contributed by atoms with van der Waals surface area (Å²) in [5, 5.41) is 7.44. The van der Waals surface area contributed by atoms with Crippen LogP contribution in [0.2, 0.25) is 0 Å². The van der Waals surface area contributed by atoms with E-state index in [1.807, 2.05) is 32.2 Å². The molecule has 4 rings (SSSR count). The summed E-state index contributed by atoms with van der Waals surface area (Å²) in [5.41, 5.74) is 2.37. The minimum Gasteiger partial charge on any atom is -0.472 e. The van der Waals surface area contributed by atoms with E-state index < -0.39 is 5.97 Å². The number of rotatable bonds is 7. The van der Waals surface area contributed by atoms with Gasteiger partial charge in [-0.3, -0.25) is 9.69 Å². The zero-order valence-corrected chi connectivity index (χ0v) is 17.9. The number of amides is 1. The largest absolute Gasteiger partial charge is 0.472 e. The number of pyridine rings is 1. The van der Waals surface area contributed by atoms with E-state index in [4.69, 9.17) is 18.7 Å². The molecule has 4 aromatic heterocycles. The third-order valence-corrected chi connectivity index (χ3v) is 6.04. The SMILES string of the molecule is COC(=O)c1sc2nc(CN(C)C(C)c3ccon3)ccc2c1NC(=O)c1ccoc1. The van der Waals surface area contributed by atoms with E-state index in [1.165, 1.54) is 31.0 Å². The van der Waals surface area contributed by atoms with Crippen LogP contribution in [0.25, 0.3) is 10.2 Å². The van der Waals surface area contributed by atoms with Crippen molar-refractivity contribution in [3.8, 4) is 0 Å². The molecule has 1 unspecified atom stereocenters. The zero-order chi connectivity index (χ0) is 22.0. The summed E-state index contributed by atoms with van der Waals surface area (Å²) in [7, 11) is 3.27. The number of furan rings is 1. The molecular weight excluding hydrogens is 420 g/mol. The van der Waals surface area contributed by atoms with Gasteiger partial charge in [0.05, 0.1) is 36.4 Å². The number of nitrogens with one attached hydrogen (secondary N) is 1. The minimum atomic E-state index is -0.538. The molecule has 10 heteroatoms. The van der Waals surface area contributed by atoms with Gasteiger partial charge in [0.1, 0.15) is 27.9 Å². The Hall–Kier alpha value is -3.50. The Morgan fingerprint density at radius 1 is 1.26 bits per heavy atom. The number of anilines is 1. The van der Waals surface area contributed by atoms with Crippen LogP contribution in [0.3, 0.4) is 0 Å². The predicted octanol–water partition coefficient (Wildman–Crippen LogP) is 4.11. The van der Waals surface area contributed by atoms with Crippen molar-refractivity contribution in [2.75, 3.05) is 19.5 Å². The average Bonchev–Trinajstić information content (AvgIpc) is 3.53. The Morgan fingerprint density at radius 3 is 2.77 bits per heavy atom. The van der Waals surface area contributed by atoms with Gasteiger partial charge in [0.15, 0.2) is 0 Å². The van der Waals surface area contributed by atoms with Gasteiger partial charge in [0, 0.05) is 18.0 Å². The van der Waals surface area contributed by atoms with Gasteiger partial charge >= 0.3 is 5.97 Å². The highest BCUT2D eigenvalue weighted by molar-refractivity contribution is 7.21. The lowest BCUT2D eigenvalue weighted by molar-refractivity contribution is 0.0607. The summed E-state index contributed by atoms with van der Waals surface area (Å²) in [6.45, 7) is 2.59. The first-order chi connectivity index (χ1) is 15.0. The molecule has 0 aliphatic carbocycles. The lowest BCUT2D eigenvalue weighted by atomic mass is 10.2.